The van der Waals surface area contributed by atoms with E-state index in [1.54, 1.807) is 6.07 Å². The van der Waals surface area contributed by atoms with E-state index in [0.29, 0.717) is 29.8 Å². The molecule has 0 saturated heterocycles. The predicted molar refractivity (Wildman–Crippen MR) is 70.5 cm³/mol. The van der Waals surface area contributed by atoms with E-state index < -0.39 is 4.92 Å². The molecule has 0 saturated carbocycles. The Kier molecular flexibility index (Phi) is 4.58. The zero-order valence-corrected chi connectivity index (χ0v) is 11.5. The first kappa shape index (κ1) is 13.6. The summed E-state index contributed by atoms with van der Waals surface area (Å²) in [5.74, 6) is 0.630. The molecule has 1 N–H and O–H groups in total. The number of rotatable bonds is 6. The first-order chi connectivity index (χ1) is 9.18. The van der Waals surface area contributed by atoms with Gasteiger partial charge in [0.15, 0.2) is 5.82 Å². The van der Waals surface area contributed by atoms with Crippen molar-refractivity contribution < 1.29 is 9.45 Å². The number of nitro groups is 1. The van der Waals surface area contributed by atoms with Crippen LogP contribution in [-0.4, -0.2) is 21.6 Å². The summed E-state index contributed by atoms with van der Waals surface area (Å²) in [6, 6.07) is 4.96. The van der Waals surface area contributed by atoms with Gasteiger partial charge in [0, 0.05) is 25.6 Å². The summed E-state index contributed by atoms with van der Waals surface area (Å²) >= 11 is 3.25. The maximum absolute atomic E-state index is 10.8. The van der Waals surface area contributed by atoms with Crippen molar-refractivity contribution >= 4 is 21.6 Å². The zero-order chi connectivity index (χ0) is 13.7. The number of nitrogens with one attached hydrogen (secondary N) is 1. The highest BCUT2D eigenvalue weighted by Gasteiger charge is 2.14. The molecule has 1 aromatic carbocycles. The van der Waals surface area contributed by atoms with Crippen LogP contribution >= 0.6 is 15.9 Å². The Balaban J connectivity index is 1.89. The Hall–Kier alpha value is -1.80. The van der Waals surface area contributed by atoms with Crippen LogP contribution in [0.3, 0.4) is 0 Å². The third-order valence-electron chi connectivity index (χ3n) is 2.50. The van der Waals surface area contributed by atoms with E-state index in [4.69, 9.17) is 0 Å². The molecule has 0 bridgehead atoms. The molecule has 0 aliphatic heterocycles. The van der Waals surface area contributed by atoms with Gasteiger partial charge in [0.25, 0.3) is 5.69 Å². The number of aromatic nitrogens is 2. The van der Waals surface area contributed by atoms with Crippen molar-refractivity contribution in [3.8, 4) is 0 Å². The van der Waals surface area contributed by atoms with E-state index in [1.165, 1.54) is 12.5 Å². The predicted octanol–water partition coefficient (Wildman–Crippen LogP) is 2.07. The minimum Gasteiger partial charge on any atom is -0.343 e. The number of halogens is 1. The van der Waals surface area contributed by atoms with Gasteiger partial charge in [0.2, 0.25) is 6.39 Å². The second-order valence-electron chi connectivity index (χ2n) is 3.78. The summed E-state index contributed by atoms with van der Waals surface area (Å²) in [5, 5.41) is 17.7. The minimum atomic E-state index is -0.410. The molecule has 0 unspecified atom stereocenters. The summed E-state index contributed by atoms with van der Waals surface area (Å²) in [5.41, 5.74) is 0.903. The Morgan fingerprint density at radius 3 is 3.00 bits per heavy atom. The molecular formula is C11H11BrN4O3. The molecule has 7 nitrogen and oxygen atoms in total. The van der Waals surface area contributed by atoms with Crippen LogP contribution in [0, 0.1) is 10.1 Å². The van der Waals surface area contributed by atoms with Gasteiger partial charge in [-0.05, 0) is 21.5 Å². The van der Waals surface area contributed by atoms with Crippen LogP contribution in [0.15, 0.2) is 33.6 Å². The number of benzene rings is 1. The Morgan fingerprint density at radius 1 is 1.47 bits per heavy atom. The van der Waals surface area contributed by atoms with Crippen molar-refractivity contribution in [2.24, 2.45) is 0 Å². The van der Waals surface area contributed by atoms with Gasteiger partial charge in [0.1, 0.15) is 0 Å². The average molecular weight is 327 g/mol. The molecule has 1 aromatic heterocycles. The summed E-state index contributed by atoms with van der Waals surface area (Å²) in [6.07, 6.45) is 1.93. The first-order valence-electron chi connectivity index (χ1n) is 5.56. The Morgan fingerprint density at radius 2 is 2.32 bits per heavy atom. The van der Waals surface area contributed by atoms with Crippen LogP contribution in [0.25, 0.3) is 0 Å². The first-order valence-corrected chi connectivity index (χ1v) is 6.35. The van der Waals surface area contributed by atoms with Gasteiger partial charge in [-0.2, -0.15) is 4.98 Å². The summed E-state index contributed by atoms with van der Waals surface area (Å²) in [7, 11) is 0. The highest BCUT2D eigenvalue weighted by molar-refractivity contribution is 9.10. The molecule has 0 spiro atoms. The van der Waals surface area contributed by atoms with Gasteiger partial charge >= 0.3 is 0 Å². The van der Waals surface area contributed by atoms with Crippen molar-refractivity contribution in [3.05, 3.63) is 50.6 Å². The van der Waals surface area contributed by atoms with Crippen LogP contribution in [0.5, 0.6) is 0 Å². The van der Waals surface area contributed by atoms with E-state index >= 15 is 0 Å². The van der Waals surface area contributed by atoms with Crippen LogP contribution < -0.4 is 5.32 Å². The molecule has 0 aliphatic rings. The van der Waals surface area contributed by atoms with Gasteiger partial charge in [-0.25, -0.2) is 0 Å². The SMILES string of the molecule is O=[N+]([O-])c1cccc(CNCCc2ncon2)c1Br. The lowest BCUT2D eigenvalue weighted by Gasteiger charge is -2.06. The quantitative estimate of drug-likeness (QED) is 0.496. The number of nitrogens with zero attached hydrogens (tertiary/aromatic N) is 3. The van der Waals surface area contributed by atoms with Gasteiger partial charge < -0.3 is 9.84 Å². The van der Waals surface area contributed by atoms with Crippen LogP contribution in [-0.2, 0) is 13.0 Å². The smallest absolute Gasteiger partial charge is 0.283 e. The molecule has 19 heavy (non-hydrogen) atoms. The van der Waals surface area contributed by atoms with Crippen LogP contribution in [0.4, 0.5) is 5.69 Å². The molecule has 0 amide bonds. The topological polar surface area (TPSA) is 94.1 Å². The summed E-state index contributed by atoms with van der Waals surface area (Å²) in [6.45, 7) is 1.19. The fraction of sp³-hybridized carbons (Fsp3) is 0.273. The molecule has 8 heteroatoms. The number of nitro benzene ring substituents is 1. The van der Waals surface area contributed by atoms with Crippen molar-refractivity contribution in [1.29, 1.82) is 0 Å². The highest BCUT2D eigenvalue weighted by Crippen LogP contribution is 2.27. The molecule has 0 aliphatic carbocycles. The summed E-state index contributed by atoms with van der Waals surface area (Å²) < 4.78 is 5.13. The number of hydrogen-bond acceptors (Lipinski definition) is 6. The molecule has 2 aromatic rings. The Labute approximate surface area is 117 Å². The van der Waals surface area contributed by atoms with Crippen LogP contribution in [0.1, 0.15) is 11.4 Å². The lowest BCUT2D eigenvalue weighted by molar-refractivity contribution is -0.385. The second kappa shape index (κ2) is 6.39. The van der Waals surface area contributed by atoms with Crippen molar-refractivity contribution in [1.82, 2.24) is 15.5 Å². The zero-order valence-electron chi connectivity index (χ0n) is 9.88. The molecule has 0 radical (unpaired) electrons. The van der Waals surface area contributed by atoms with Gasteiger partial charge in [0.05, 0.1) is 9.40 Å². The second-order valence-corrected chi connectivity index (χ2v) is 4.57. The fourth-order valence-corrected chi connectivity index (χ4v) is 2.12. The number of hydrogen-bond donors (Lipinski definition) is 1. The van der Waals surface area contributed by atoms with Crippen molar-refractivity contribution in [2.75, 3.05) is 6.54 Å². The third kappa shape index (κ3) is 3.58. The van der Waals surface area contributed by atoms with Crippen molar-refractivity contribution in [2.45, 2.75) is 13.0 Å². The monoisotopic (exact) mass is 326 g/mol. The highest BCUT2D eigenvalue weighted by atomic mass is 79.9. The molecule has 2 rings (SSSR count). The third-order valence-corrected chi connectivity index (χ3v) is 3.42. The largest absolute Gasteiger partial charge is 0.343 e. The molecular weight excluding hydrogens is 316 g/mol. The van der Waals surface area contributed by atoms with E-state index in [0.717, 1.165) is 5.56 Å². The summed E-state index contributed by atoms with van der Waals surface area (Å²) in [4.78, 5) is 14.3. The molecule has 0 atom stereocenters. The van der Waals surface area contributed by atoms with Crippen LogP contribution in [0.2, 0.25) is 0 Å². The maximum atomic E-state index is 10.8. The lowest BCUT2D eigenvalue weighted by Crippen LogP contribution is -2.17. The van der Waals surface area contributed by atoms with E-state index in [-0.39, 0.29) is 5.69 Å². The van der Waals surface area contributed by atoms with Gasteiger partial charge in [-0.15, -0.1) is 0 Å². The molecule has 100 valence electrons. The standard InChI is InChI=1S/C11H11BrN4O3/c12-11-8(2-1-3-9(11)16(17)18)6-13-5-4-10-14-7-19-15-10/h1-3,7,13H,4-6H2. The molecule has 1 heterocycles. The Bertz CT molecular complexity index is 559. The van der Waals surface area contributed by atoms with E-state index in [9.17, 15) is 10.1 Å². The minimum absolute atomic E-state index is 0.0671. The van der Waals surface area contributed by atoms with E-state index in [1.807, 2.05) is 6.07 Å². The van der Waals surface area contributed by atoms with E-state index in [2.05, 4.69) is 35.9 Å². The molecule has 0 fully saturated rings. The van der Waals surface area contributed by atoms with Gasteiger partial charge in [-0.1, -0.05) is 17.3 Å². The maximum Gasteiger partial charge on any atom is 0.283 e. The van der Waals surface area contributed by atoms with Crippen molar-refractivity contribution in [3.63, 3.8) is 0 Å². The average Bonchev–Trinajstić information content (AvgIpc) is 2.89. The van der Waals surface area contributed by atoms with Gasteiger partial charge in [-0.3, -0.25) is 10.1 Å². The lowest BCUT2D eigenvalue weighted by atomic mass is 10.2. The fourth-order valence-electron chi connectivity index (χ4n) is 1.57. The normalized spacial score (nSPS) is 10.6.